The topological polar surface area (TPSA) is 92.4 Å². The van der Waals surface area contributed by atoms with Gasteiger partial charge in [0.15, 0.2) is 0 Å². The molecule has 0 heterocycles. The standard InChI is InChI=1S/C14H18N2O3/c1-10(15)5-7-13(17)16-12-4-2-3-11(9-12)6-8-14(18)19/h2-4,6,8-10H,5,7,15H2,1H3,(H,16,17)(H,18,19)/b8-6+. The van der Waals surface area contributed by atoms with Crippen molar-refractivity contribution in [2.24, 2.45) is 5.73 Å². The second kappa shape index (κ2) is 7.33. The van der Waals surface area contributed by atoms with E-state index in [0.29, 0.717) is 24.1 Å². The fourth-order valence-electron chi connectivity index (χ4n) is 1.47. The summed E-state index contributed by atoms with van der Waals surface area (Å²) in [5.74, 6) is -1.11. The second-order valence-corrected chi connectivity index (χ2v) is 4.36. The van der Waals surface area contributed by atoms with Crippen LogP contribution >= 0.6 is 0 Å². The molecular formula is C14H18N2O3. The van der Waals surface area contributed by atoms with Gasteiger partial charge in [-0.3, -0.25) is 4.79 Å². The maximum atomic E-state index is 11.6. The quantitative estimate of drug-likeness (QED) is 0.682. The Labute approximate surface area is 112 Å². The van der Waals surface area contributed by atoms with Gasteiger partial charge in [0, 0.05) is 24.2 Å². The minimum absolute atomic E-state index is 0.00409. The lowest BCUT2D eigenvalue weighted by atomic mass is 10.1. The molecular weight excluding hydrogens is 244 g/mol. The molecule has 1 atom stereocenters. The van der Waals surface area contributed by atoms with Crippen molar-refractivity contribution in [3.63, 3.8) is 0 Å². The maximum absolute atomic E-state index is 11.6. The van der Waals surface area contributed by atoms with Gasteiger partial charge in [0.25, 0.3) is 0 Å². The Balaban J connectivity index is 2.61. The molecule has 0 saturated heterocycles. The van der Waals surface area contributed by atoms with Crippen LogP contribution in [0.25, 0.3) is 6.08 Å². The first-order valence-electron chi connectivity index (χ1n) is 6.04. The molecule has 0 saturated carbocycles. The molecule has 5 nitrogen and oxygen atoms in total. The number of carboxylic acid groups (broad SMARTS) is 1. The van der Waals surface area contributed by atoms with Crippen molar-refractivity contribution in [2.75, 3.05) is 5.32 Å². The lowest BCUT2D eigenvalue weighted by molar-refractivity contribution is -0.131. The number of amides is 1. The summed E-state index contributed by atoms with van der Waals surface area (Å²) in [6.07, 6.45) is 3.52. The van der Waals surface area contributed by atoms with Gasteiger partial charge in [0.05, 0.1) is 0 Å². The van der Waals surface area contributed by atoms with Crippen LogP contribution < -0.4 is 11.1 Å². The number of carboxylic acids is 1. The smallest absolute Gasteiger partial charge is 0.328 e. The highest BCUT2D eigenvalue weighted by Gasteiger charge is 2.04. The number of carbonyl (C=O) groups is 2. The molecule has 5 heteroatoms. The van der Waals surface area contributed by atoms with E-state index in [2.05, 4.69) is 5.32 Å². The van der Waals surface area contributed by atoms with E-state index >= 15 is 0 Å². The van der Waals surface area contributed by atoms with Crippen molar-refractivity contribution < 1.29 is 14.7 Å². The third-order valence-electron chi connectivity index (χ3n) is 2.42. The van der Waals surface area contributed by atoms with Crippen LogP contribution in [0.2, 0.25) is 0 Å². The number of hydrogen-bond acceptors (Lipinski definition) is 3. The Morgan fingerprint density at radius 3 is 2.84 bits per heavy atom. The van der Waals surface area contributed by atoms with E-state index in [0.717, 1.165) is 6.08 Å². The van der Waals surface area contributed by atoms with Crippen LogP contribution in [0, 0.1) is 0 Å². The number of carbonyl (C=O) groups excluding carboxylic acids is 1. The summed E-state index contributed by atoms with van der Waals surface area (Å²) in [5.41, 5.74) is 6.94. The molecule has 0 aromatic heterocycles. The summed E-state index contributed by atoms with van der Waals surface area (Å²) < 4.78 is 0. The average Bonchev–Trinajstić information content (AvgIpc) is 2.34. The second-order valence-electron chi connectivity index (χ2n) is 4.36. The first-order chi connectivity index (χ1) is 8.97. The van der Waals surface area contributed by atoms with Crippen molar-refractivity contribution in [1.29, 1.82) is 0 Å². The minimum Gasteiger partial charge on any atom is -0.478 e. The highest BCUT2D eigenvalue weighted by molar-refractivity contribution is 5.91. The highest BCUT2D eigenvalue weighted by Crippen LogP contribution is 2.12. The van der Waals surface area contributed by atoms with Crippen molar-refractivity contribution in [2.45, 2.75) is 25.8 Å². The Bertz CT molecular complexity index is 481. The molecule has 1 aromatic rings. The Hall–Kier alpha value is -2.14. The lowest BCUT2D eigenvalue weighted by Gasteiger charge is -2.07. The summed E-state index contributed by atoms with van der Waals surface area (Å²) >= 11 is 0. The zero-order chi connectivity index (χ0) is 14.3. The van der Waals surface area contributed by atoms with Crippen LogP contribution in [0.1, 0.15) is 25.3 Å². The molecule has 1 rings (SSSR count). The van der Waals surface area contributed by atoms with Crippen molar-refractivity contribution in [1.82, 2.24) is 0 Å². The van der Waals surface area contributed by atoms with Crippen LogP contribution in [0.4, 0.5) is 5.69 Å². The van der Waals surface area contributed by atoms with E-state index < -0.39 is 5.97 Å². The fourth-order valence-corrected chi connectivity index (χ4v) is 1.47. The van der Waals surface area contributed by atoms with Gasteiger partial charge in [-0.2, -0.15) is 0 Å². The molecule has 102 valence electrons. The van der Waals surface area contributed by atoms with Gasteiger partial charge in [-0.15, -0.1) is 0 Å². The summed E-state index contributed by atoms with van der Waals surface area (Å²) in [5, 5.41) is 11.3. The fraction of sp³-hybridized carbons (Fsp3) is 0.286. The number of nitrogens with two attached hydrogens (primary N) is 1. The summed E-state index contributed by atoms with van der Waals surface area (Å²) in [7, 11) is 0. The maximum Gasteiger partial charge on any atom is 0.328 e. The Morgan fingerprint density at radius 1 is 1.47 bits per heavy atom. The number of hydrogen-bond donors (Lipinski definition) is 3. The van der Waals surface area contributed by atoms with Gasteiger partial charge >= 0.3 is 5.97 Å². The van der Waals surface area contributed by atoms with Gasteiger partial charge in [-0.05, 0) is 37.1 Å². The first kappa shape index (κ1) is 14.9. The molecule has 0 radical (unpaired) electrons. The van der Waals surface area contributed by atoms with Crippen LogP contribution in [0.5, 0.6) is 0 Å². The summed E-state index contributed by atoms with van der Waals surface area (Å²) in [4.78, 5) is 22.0. The van der Waals surface area contributed by atoms with Gasteiger partial charge in [-0.25, -0.2) is 4.79 Å². The number of rotatable bonds is 6. The van der Waals surface area contributed by atoms with E-state index in [4.69, 9.17) is 10.8 Å². The van der Waals surface area contributed by atoms with E-state index in [1.54, 1.807) is 24.3 Å². The number of anilines is 1. The normalized spacial score (nSPS) is 12.3. The average molecular weight is 262 g/mol. The molecule has 0 aliphatic heterocycles. The van der Waals surface area contributed by atoms with Crippen LogP contribution in [0.15, 0.2) is 30.3 Å². The molecule has 4 N–H and O–H groups in total. The third-order valence-corrected chi connectivity index (χ3v) is 2.42. The van der Waals surface area contributed by atoms with E-state index in [9.17, 15) is 9.59 Å². The molecule has 1 amide bonds. The third kappa shape index (κ3) is 6.38. The summed E-state index contributed by atoms with van der Waals surface area (Å²) in [6.45, 7) is 1.85. The minimum atomic E-state index is -1.01. The van der Waals surface area contributed by atoms with Crippen LogP contribution in [0.3, 0.4) is 0 Å². The number of benzene rings is 1. The first-order valence-corrected chi connectivity index (χ1v) is 6.04. The van der Waals surface area contributed by atoms with Crippen molar-refractivity contribution >= 4 is 23.6 Å². The van der Waals surface area contributed by atoms with Crippen LogP contribution in [-0.2, 0) is 9.59 Å². The SMILES string of the molecule is CC(N)CCC(=O)Nc1cccc(/C=C/C(=O)O)c1. The van der Waals surface area contributed by atoms with Gasteiger partial charge in [-0.1, -0.05) is 12.1 Å². The van der Waals surface area contributed by atoms with E-state index in [1.165, 1.54) is 6.08 Å². The van der Waals surface area contributed by atoms with Crippen molar-refractivity contribution in [3.05, 3.63) is 35.9 Å². The molecule has 0 aliphatic rings. The lowest BCUT2D eigenvalue weighted by Crippen LogP contribution is -2.19. The van der Waals surface area contributed by atoms with E-state index in [1.807, 2.05) is 6.92 Å². The monoisotopic (exact) mass is 262 g/mol. The number of nitrogens with one attached hydrogen (secondary N) is 1. The van der Waals surface area contributed by atoms with Gasteiger partial charge in [0.2, 0.25) is 5.91 Å². The Kier molecular flexibility index (Phi) is 5.75. The molecule has 0 bridgehead atoms. The molecule has 1 aromatic carbocycles. The molecule has 0 aliphatic carbocycles. The molecule has 1 unspecified atom stereocenters. The number of aliphatic carboxylic acids is 1. The summed E-state index contributed by atoms with van der Waals surface area (Å²) in [6, 6.07) is 6.97. The van der Waals surface area contributed by atoms with Gasteiger partial charge < -0.3 is 16.2 Å². The highest BCUT2D eigenvalue weighted by atomic mass is 16.4. The largest absolute Gasteiger partial charge is 0.478 e. The van der Waals surface area contributed by atoms with Crippen molar-refractivity contribution in [3.8, 4) is 0 Å². The predicted molar refractivity (Wildman–Crippen MR) is 74.6 cm³/mol. The predicted octanol–water partition coefficient (Wildman–Crippen LogP) is 1.85. The Morgan fingerprint density at radius 2 is 2.21 bits per heavy atom. The zero-order valence-electron chi connectivity index (χ0n) is 10.8. The zero-order valence-corrected chi connectivity index (χ0v) is 10.8. The van der Waals surface area contributed by atoms with Crippen LogP contribution in [-0.4, -0.2) is 23.0 Å². The molecule has 0 fully saturated rings. The van der Waals surface area contributed by atoms with E-state index in [-0.39, 0.29) is 11.9 Å². The molecule has 19 heavy (non-hydrogen) atoms. The van der Waals surface area contributed by atoms with Gasteiger partial charge in [0.1, 0.15) is 0 Å². The molecule has 0 spiro atoms.